The second-order valence-electron chi connectivity index (χ2n) is 1.82. The molecule has 3 heteroatoms. The zero-order valence-corrected chi connectivity index (χ0v) is 5.05. The molecule has 1 aliphatic rings. The summed E-state index contributed by atoms with van der Waals surface area (Å²) in [6.07, 6.45) is 1.70. The molecule has 9 heavy (non-hydrogen) atoms. The Morgan fingerprint density at radius 1 is 1.67 bits per heavy atom. The number of rotatable bonds is 0. The van der Waals surface area contributed by atoms with E-state index in [1.807, 2.05) is 6.11 Å². The maximum atomic E-state index is 8.15. The molecule has 50 valence electrons. The average molecular weight is 127 g/mol. The van der Waals surface area contributed by atoms with Gasteiger partial charge < -0.3 is 15.2 Å². The molecule has 0 bridgehead atoms. The van der Waals surface area contributed by atoms with E-state index in [0.717, 1.165) is 6.54 Å². The number of hydrogen-bond acceptors (Lipinski definition) is 3. The van der Waals surface area contributed by atoms with Crippen LogP contribution in [0.4, 0.5) is 0 Å². The largest absolute Gasteiger partial charge is 0.462 e. The van der Waals surface area contributed by atoms with Crippen molar-refractivity contribution in [3.8, 4) is 12.0 Å². The molecule has 0 aliphatic carbocycles. The van der Waals surface area contributed by atoms with Crippen molar-refractivity contribution in [3.05, 3.63) is 0 Å². The van der Waals surface area contributed by atoms with Gasteiger partial charge in [-0.2, -0.15) is 0 Å². The number of ether oxygens (including phenoxy) is 1. The molecular formula is C6H9NO2. The van der Waals surface area contributed by atoms with Crippen LogP contribution in [0.15, 0.2) is 0 Å². The molecule has 0 aromatic heterocycles. The average Bonchev–Trinajstić information content (AvgIpc) is 1.91. The second kappa shape index (κ2) is 3.33. The standard InChI is InChI=1S/C6H9NO2/c8-3-1-6-5-7-2-4-9-6/h6-8H,2,4-5H2. The molecule has 0 spiro atoms. The third-order valence-electron chi connectivity index (χ3n) is 1.15. The van der Waals surface area contributed by atoms with Crippen LogP contribution in [0.25, 0.3) is 0 Å². The van der Waals surface area contributed by atoms with Gasteiger partial charge in [-0.15, -0.1) is 0 Å². The lowest BCUT2D eigenvalue weighted by molar-refractivity contribution is 0.0647. The summed E-state index contributed by atoms with van der Waals surface area (Å²) in [5, 5.41) is 11.2. The van der Waals surface area contributed by atoms with Crippen LogP contribution in [0.1, 0.15) is 0 Å². The molecule has 1 atom stereocenters. The number of aliphatic hydroxyl groups excluding tert-OH is 1. The van der Waals surface area contributed by atoms with E-state index in [1.165, 1.54) is 0 Å². The number of morpholine rings is 1. The lowest BCUT2D eigenvalue weighted by atomic mass is 10.3. The first-order valence-electron chi connectivity index (χ1n) is 2.90. The predicted molar refractivity (Wildman–Crippen MR) is 32.3 cm³/mol. The first-order chi connectivity index (χ1) is 4.43. The van der Waals surface area contributed by atoms with E-state index < -0.39 is 0 Å². The molecule has 1 fully saturated rings. The van der Waals surface area contributed by atoms with Gasteiger partial charge in [0.15, 0.2) is 0 Å². The first kappa shape index (κ1) is 6.40. The fraction of sp³-hybridized carbons (Fsp3) is 0.667. The molecule has 1 aliphatic heterocycles. The predicted octanol–water partition coefficient (Wildman–Crippen LogP) is -0.692. The Hall–Kier alpha value is -0.720. The number of aliphatic hydroxyl groups is 1. The highest BCUT2D eigenvalue weighted by atomic mass is 16.5. The van der Waals surface area contributed by atoms with Gasteiger partial charge >= 0.3 is 0 Å². The lowest BCUT2D eigenvalue weighted by Crippen LogP contribution is -2.37. The summed E-state index contributed by atoms with van der Waals surface area (Å²) in [5.74, 6) is 2.51. The van der Waals surface area contributed by atoms with Gasteiger partial charge in [0.05, 0.1) is 6.61 Å². The van der Waals surface area contributed by atoms with E-state index in [-0.39, 0.29) is 6.10 Å². The minimum atomic E-state index is -0.122. The number of hydrogen-bond donors (Lipinski definition) is 2. The van der Waals surface area contributed by atoms with E-state index in [2.05, 4.69) is 11.2 Å². The monoisotopic (exact) mass is 127 g/mol. The van der Waals surface area contributed by atoms with Crippen molar-refractivity contribution >= 4 is 0 Å². The zero-order chi connectivity index (χ0) is 6.53. The van der Waals surface area contributed by atoms with E-state index in [4.69, 9.17) is 9.84 Å². The third kappa shape index (κ3) is 1.92. The summed E-state index contributed by atoms with van der Waals surface area (Å²) >= 11 is 0. The zero-order valence-electron chi connectivity index (χ0n) is 5.05. The van der Waals surface area contributed by atoms with Crippen LogP contribution in [0.5, 0.6) is 0 Å². The van der Waals surface area contributed by atoms with Gasteiger partial charge in [0.1, 0.15) is 12.2 Å². The fourth-order valence-corrected chi connectivity index (χ4v) is 0.730. The van der Waals surface area contributed by atoms with E-state index in [9.17, 15) is 0 Å². The van der Waals surface area contributed by atoms with E-state index in [0.29, 0.717) is 13.2 Å². The minimum Gasteiger partial charge on any atom is -0.462 e. The van der Waals surface area contributed by atoms with Crippen molar-refractivity contribution in [2.24, 2.45) is 0 Å². The molecule has 0 saturated carbocycles. The van der Waals surface area contributed by atoms with Crippen molar-refractivity contribution in [2.45, 2.75) is 6.10 Å². The highest BCUT2D eigenvalue weighted by Gasteiger charge is 2.08. The van der Waals surface area contributed by atoms with Crippen LogP contribution in [0.2, 0.25) is 0 Å². The second-order valence-corrected chi connectivity index (χ2v) is 1.82. The van der Waals surface area contributed by atoms with Crippen molar-refractivity contribution in [2.75, 3.05) is 19.7 Å². The van der Waals surface area contributed by atoms with E-state index in [1.54, 1.807) is 0 Å². The molecular weight excluding hydrogens is 118 g/mol. The summed E-state index contributed by atoms with van der Waals surface area (Å²) < 4.78 is 5.12. The third-order valence-corrected chi connectivity index (χ3v) is 1.15. The maximum Gasteiger partial charge on any atom is 0.134 e. The Bertz CT molecular complexity index is 130. The quantitative estimate of drug-likeness (QED) is 0.423. The summed E-state index contributed by atoms with van der Waals surface area (Å²) in [6.45, 7) is 2.27. The Morgan fingerprint density at radius 2 is 2.56 bits per heavy atom. The molecule has 1 rings (SSSR count). The first-order valence-corrected chi connectivity index (χ1v) is 2.90. The highest BCUT2D eigenvalue weighted by Crippen LogP contribution is 1.91. The number of nitrogens with one attached hydrogen (secondary N) is 1. The van der Waals surface area contributed by atoms with Crippen molar-refractivity contribution in [1.29, 1.82) is 0 Å². The van der Waals surface area contributed by atoms with Crippen molar-refractivity contribution < 1.29 is 9.84 Å². The minimum absolute atomic E-state index is 0.122. The van der Waals surface area contributed by atoms with Gasteiger partial charge in [-0.05, 0) is 5.92 Å². The summed E-state index contributed by atoms with van der Waals surface area (Å²) in [4.78, 5) is 0. The normalized spacial score (nSPS) is 26.4. The highest BCUT2D eigenvalue weighted by molar-refractivity contribution is 5.00. The maximum absolute atomic E-state index is 8.15. The summed E-state index contributed by atoms with van der Waals surface area (Å²) in [6, 6.07) is 0. The van der Waals surface area contributed by atoms with Gasteiger partial charge in [-0.3, -0.25) is 0 Å². The van der Waals surface area contributed by atoms with Crippen LogP contribution in [-0.4, -0.2) is 30.9 Å². The molecule has 1 heterocycles. The van der Waals surface area contributed by atoms with Crippen molar-refractivity contribution in [3.63, 3.8) is 0 Å². The topological polar surface area (TPSA) is 41.5 Å². The summed E-state index contributed by atoms with van der Waals surface area (Å²) in [7, 11) is 0. The molecule has 2 N–H and O–H groups in total. The Morgan fingerprint density at radius 3 is 3.11 bits per heavy atom. The van der Waals surface area contributed by atoms with Gasteiger partial charge in [0, 0.05) is 13.1 Å². The smallest absolute Gasteiger partial charge is 0.134 e. The molecule has 3 nitrogen and oxygen atoms in total. The van der Waals surface area contributed by atoms with E-state index >= 15 is 0 Å². The van der Waals surface area contributed by atoms with Crippen LogP contribution >= 0.6 is 0 Å². The Balaban J connectivity index is 2.28. The Kier molecular flexibility index (Phi) is 2.37. The molecule has 1 unspecified atom stereocenters. The van der Waals surface area contributed by atoms with Gasteiger partial charge in [-0.1, -0.05) is 0 Å². The van der Waals surface area contributed by atoms with Crippen LogP contribution < -0.4 is 5.32 Å². The van der Waals surface area contributed by atoms with Gasteiger partial charge in [0.25, 0.3) is 0 Å². The molecule has 0 aromatic carbocycles. The Labute approximate surface area is 54.0 Å². The van der Waals surface area contributed by atoms with Crippen molar-refractivity contribution in [1.82, 2.24) is 5.32 Å². The summed E-state index contributed by atoms with van der Waals surface area (Å²) in [5.41, 5.74) is 0. The molecule has 1 saturated heterocycles. The molecule has 0 radical (unpaired) electrons. The molecule has 0 aromatic rings. The van der Waals surface area contributed by atoms with Crippen LogP contribution in [-0.2, 0) is 4.74 Å². The fourth-order valence-electron chi connectivity index (χ4n) is 0.730. The van der Waals surface area contributed by atoms with Gasteiger partial charge in [0.2, 0.25) is 0 Å². The SMILES string of the molecule is OC#CC1CNCCO1. The molecule has 0 amide bonds. The lowest BCUT2D eigenvalue weighted by Gasteiger charge is -2.18. The van der Waals surface area contributed by atoms with Crippen LogP contribution in [0.3, 0.4) is 0 Å². The van der Waals surface area contributed by atoms with Crippen LogP contribution in [0, 0.1) is 12.0 Å². The van der Waals surface area contributed by atoms with Gasteiger partial charge in [-0.25, -0.2) is 0 Å².